The van der Waals surface area contributed by atoms with Crippen molar-refractivity contribution in [2.24, 2.45) is 0 Å². The fourth-order valence-corrected chi connectivity index (χ4v) is 4.39. The lowest BCUT2D eigenvalue weighted by Gasteiger charge is -2.26. The molecule has 1 saturated heterocycles. The normalized spacial score (nSPS) is 13.9. The number of nitrogens with zero attached hydrogens (tertiary/aromatic N) is 5. The highest BCUT2D eigenvalue weighted by Crippen LogP contribution is 2.34. The zero-order valence-corrected chi connectivity index (χ0v) is 19.3. The summed E-state index contributed by atoms with van der Waals surface area (Å²) in [6.07, 6.45) is 1.85. The van der Waals surface area contributed by atoms with Crippen molar-refractivity contribution in [3.63, 3.8) is 0 Å². The van der Waals surface area contributed by atoms with E-state index in [4.69, 9.17) is 9.72 Å². The molecule has 6 rings (SSSR count). The van der Waals surface area contributed by atoms with E-state index in [1.165, 1.54) is 0 Å². The molecule has 1 aliphatic rings. The largest absolute Gasteiger partial charge is 0.378 e. The van der Waals surface area contributed by atoms with E-state index >= 15 is 0 Å². The first kappa shape index (κ1) is 21.2. The molecule has 0 spiro atoms. The van der Waals surface area contributed by atoms with E-state index in [9.17, 15) is 4.79 Å². The van der Waals surface area contributed by atoms with E-state index in [0.717, 1.165) is 50.4 Å². The fraction of sp³-hybridized carbons (Fsp3) is 0.185. The summed E-state index contributed by atoms with van der Waals surface area (Å²) < 4.78 is 7.12. The van der Waals surface area contributed by atoms with E-state index in [2.05, 4.69) is 33.6 Å². The molecule has 2 aromatic carbocycles. The van der Waals surface area contributed by atoms with Crippen LogP contribution in [0, 0.1) is 6.92 Å². The second kappa shape index (κ2) is 8.81. The van der Waals surface area contributed by atoms with E-state index in [1.807, 2.05) is 61.7 Å². The SMILES string of the molecule is Cc1cc2ncc3cc(-c4ccccc4)c(-c4ccc(NC(=O)N5CCOCC5)cc4)nc3n2n1. The minimum absolute atomic E-state index is 0.112. The highest BCUT2D eigenvalue weighted by atomic mass is 16.5. The maximum Gasteiger partial charge on any atom is 0.321 e. The Labute approximate surface area is 202 Å². The molecular weight excluding hydrogens is 440 g/mol. The number of rotatable bonds is 3. The zero-order chi connectivity index (χ0) is 23.8. The number of anilines is 1. The first-order valence-electron chi connectivity index (χ1n) is 11.6. The molecule has 8 nitrogen and oxygen atoms in total. The number of ether oxygens (including phenoxy) is 1. The third kappa shape index (κ3) is 4.08. The minimum atomic E-state index is -0.112. The number of amides is 2. The molecule has 0 saturated carbocycles. The molecule has 4 heterocycles. The fourth-order valence-electron chi connectivity index (χ4n) is 4.39. The van der Waals surface area contributed by atoms with Crippen molar-refractivity contribution in [3.8, 4) is 22.4 Å². The van der Waals surface area contributed by atoms with Gasteiger partial charge < -0.3 is 15.0 Å². The predicted octanol–water partition coefficient (Wildman–Crippen LogP) is 4.78. The molecule has 0 atom stereocenters. The van der Waals surface area contributed by atoms with Gasteiger partial charge in [0.05, 0.1) is 24.6 Å². The molecule has 1 N–H and O–H groups in total. The van der Waals surface area contributed by atoms with Crippen LogP contribution in [0.4, 0.5) is 10.5 Å². The van der Waals surface area contributed by atoms with Gasteiger partial charge in [-0.05, 0) is 30.7 Å². The number of aromatic nitrogens is 4. The van der Waals surface area contributed by atoms with Crippen LogP contribution in [0.15, 0.2) is 72.9 Å². The van der Waals surface area contributed by atoms with Crippen molar-refractivity contribution in [1.29, 1.82) is 0 Å². The van der Waals surface area contributed by atoms with Crippen LogP contribution in [0.3, 0.4) is 0 Å². The summed E-state index contributed by atoms with van der Waals surface area (Å²) >= 11 is 0. The van der Waals surface area contributed by atoms with Crippen LogP contribution in [0.2, 0.25) is 0 Å². The number of fused-ring (bicyclic) bond motifs is 3. The molecule has 0 unspecified atom stereocenters. The Kier molecular flexibility index (Phi) is 5.35. The standard InChI is InChI=1S/C27H24N6O2/c1-18-15-24-28-17-21-16-23(19-5-3-2-4-6-19)25(30-26(21)33(24)31-18)20-7-9-22(10-8-20)29-27(34)32-11-13-35-14-12-32/h2-10,15-17H,11-14H2,1H3,(H,29,34). The van der Waals surface area contributed by atoms with Crippen LogP contribution >= 0.6 is 0 Å². The van der Waals surface area contributed by atoms with Gasteiger partial charge in [-0.15, -0.1) is 0 Å². The van der Waals surface area contributed by atoms with Crippen LogP contribution < -0.4 is 5.32 Å². The zero-order valence-electron chi connectivity index (χ0n) is 19.3. The molecule has 1 fully saturated rings. The van der Waals surface area contributed by atoms with Crippen LogP contribution in [-0.2, 0) is 4.74 Å². The second-order valence-corrected chi connectivity index (χ2v) is 8.58. The highest BCUT2D eigenvalue weighted by molar-refractivity contribution is 5.92. The molecule has 8 heteroatoms. The number of benzene rings is 2. The van der Waals surface area contributed by atoms with E-state index in [-0.39, 0.29) is 6.03 Å². The summed E-state index contributed by atoms with van der Waals surface area (Å²) in [6, 6.07) is 21.9. The maximum atomic E-state index is 12.6. The summed E-state index contributed by atoms with van der Waals surface area (Å²) in [5, 5.41) is 8.50. The Bertz CT molecular complexity index is 1520. The number of nitrogens with one attached hydrogen (secondary N) is 1. The molecule has 1 aliphatic heterocycles. The van der Waals surface area contributed by atoms with Crippen LogP contribution in [0.1, 0.15) is 5.69 Å². The minimum Gasteiger partial charge on any atom is -0.378 e. The maximum absolute atomic E-state index is 12.6. The Hall–Kier alpha value is -4.30. The van der Waals surface area contributed by atoms with Gasteiger partial charge in [-0.25, -0.2) is 14.8 Å². The Morgan fingerprint density at radius 2 is 1.74 bits per heavy atom. The molecule has 174 valence electrons. The molecular formula is C27H24N6O2. The number of morpholine rings is 1. The summed E-state index contributed by atoms with van der Waals surface area (Å²) in [5.41, 5.74) is 7.01. The third-order valence-corrected chi connectivity index (χ3v) is 6.17. The molecule has 35 heavy (non-hydrogen) atoms. The van der Waals surface area contributed by atoms with Crippen molar-refractivity contribution in [1.82, 2.24) is 24.5 Å². The number of carbonyl (C=O) groups excluding carboxylic acids is 1. The third-order valence-electron chi connectivity index (χ3n) is 6.17. The topological polar surface area (TPSA) is 84.7 Å². The van der Waals surface area contributed by atoms with E-state index < -0.39 is 0 Å². The van der Waals surface area contributed by atoms with Crippen LogP contribution in [-0.4, -0.2) is 56.8 Å². The Balaban J connectivity index is 1.42. The quantitative estimate of drug-likeness (QED) is 0.415. The average molecular weight is 465 g/mol. The molecule has 3 aromatic heterocycles. The van der Waals surface area contributed by atoms with Gasteiger partial charge in [0, 0.05) is 47.6 Å². The summed E-state index contributed by atoms with van der Waals surface area (Å²) in [4.78, 5) is 24.0. The lowest BCUT2D eigenvalue weighted by atomic mass is 9.98. The summed E-state index contributed by atoms with van der Waals surface area (Å²) in [6.45, 7) is 4.29. The first-order valence-corrected chi connectivity index (χ1v) is 11.6. The number of aryl methyl sites for hydroxylation is 1. The van der Waals surface area contributed by atoms with Crippen molar-refractivity contribution in [3.05, 3.63) is 78.6 Å². The smallest absolute Gasteiger partial charge is 0.321 e. The predicted molar refractivity (Wildman–Crippen MR) is 135 cm³/mol. The lowest BCUT2D eigenvalue weighted by molar-refractivity contribution is 0.0564. The molecule has 5 aromatic rings. The van der Waals surface area contributed by atoms with Gasteiger partial charge in [0.25, 0.3) is 0 Å². The van der Waals surface area contributed by atoms with Gasteiger partial charge in [-0.3, -0.25) is 0 Å². The molecule has 0 radical (unpaired) electrons. The molecule has 2 amide bonds. The number of pyridine rings is 1. The van der Waals surface area contributed by atoms with Crippen molar-refractivity contribution in [2.45, 2.75) is 6.92 Å². The highest BCUT2D eigenvalue weighted by Gasteiger charge is 2.18. The van der Waals surface area contributed by atoms with Gasteiger partial charge in [0.1, 0.15) is 0 Å². The Morgan fingerprint density at radius 3 is 2.51 bits per heavy atom. The number of urea groups is 1. The summed E-state index contributed by atoms with van der Waals surface area (Å²) in [7, 11) is 0. The van der Waals surface area contributed by atoms with E-state index in [1.54, 1.807) is 9.42 Å². The van der Waals surface area contributed by atoms with Gasteiger partial charge in [0.2, 0.25) is 0 Å². The van der Waals surface area contributed by atoms with Crippen LogP contribution in [0.25, 0.3) is 39.1 Å². The van der Waals surface area contributed by atoms with Gasteiger partial charge in [-0.1, -0.05) is 42.5 Å². The number of hydrogen-bond acceptors (Lipinski definition) is 5. The average Bonchev–Trinajstić information content (AvgIpc) is 3.30. The van der Waals surface area contributed by atoms with Crippen molar-refractivity contribution in [2.75, 3.05) is 31.6 Å². The number of carbonyl (C=O) groups is 1. The second-order valence-electron chi connectivity index (χ2n) is 8.58. The molecule has 0 aliphatic carbocycles. The van der Waals surface area contributed by atoms with E-state index in [0.29, 0.717) is 26.3 Å². The van der Waals surface area contributed by atoms with Gasteiger partial charge in [-0.2, -0.15) is 9.61 Å². The molecule has 0 bridgehead atoms. The van der Waals surface area contributed by atoms with Crippen molar-refractivity contribution >= 4 is 28.4 Å². The number of hydrogen-bond donors (Lipinski definition) is 1. The lowest BCUT2D eigenvalue weighted by Crippen LogP contribution is -2.43. The van der Waals surface area contributed by atoms with Crippen LogP contribution in [0.5, 0.6) is 0 Å². The Morgan fingerprint density at radius 1 is 0.971 bits per heavy atom. The first-order chi connectivity index (χ1) is 17.2. The summed E-state index contributed by atoms with van der Waals surface area (Å²) in [5.74, 6) is 0. The van der Waals surface area contributed by atoms with Gasteiger partial charge in [0.15, 0.2) is 11.3 Å². The monoisotopic (exact) mass is 464 g/mol. The van der Waals surface area contributed by atoms with Gasteiger partial charge >= 0.3 is 6.03 Å². The van der Waals surface area contributed by atoms with Crippen molar-refractivity contribution < 1.29 is 9.53 Å².